The van der Waals surface area contributed by atoms with E-state index in [9.17, 15) is 19.2 Å². The summed E-state index contributed by atoms with van der Waals surface area (Å²) < 4.78 is 0.873. The van der Waals surface area contributed by atoms with E-state index in [1.165, 1.54) is 0 Å². The average Bonchev–Trinajstić information content (AvgIpc) is 3.12. The van der Waals surface area contributed by atoms with Gasteiger partial charge in [-0.25, -0.2) is 9.48 Å². The van der Waals surface area contributed by atoms with Gasteiger partial charge in [0.2, 0.25) is 0 Å². The van der Waals surface area contributed by atoms with Crippen LogP contribution in [0.15, 0.2) is 89.7 Å². The van der Waals surface area contributed by atoms with E-state index in [0.717, 1.165) is 4.68 Å². The predicted octanol–water partition coefficient (Wildman–Crippen LogP) is 1.32. The van der Waals surface area contributed by atoms with Crippen molar-refractivity contribution in [1.82, 2.24) is 30.7 Å². The molecule has 0 radical (unpaired) electrons. The molecule has 168 valence electrons. The van der Waals surface area contributed by atoms with Crippen molar-refractivity contribution in [3.05, 3.63) is 106 Å². The number of amides is 4. The molecule has 0 spiro atoms. The molecule has 4 aromatic rings. The number of rotatable bonds is 5. The summed E-state index contributed by atoms with van der Waals surface area (Å²) in [6.45, 7) is -0.530. The number of hydrogen-bond acceptors (Lipinski definition) is 6. The number of benzene rings is 3. The van der Waals surface area contributed by atoms with Crippen LogP contribution in [0, 0.1) is 0 Å². The van der Waals surface area contributed by atoms with Gasteiger partial charge in [0.1, 0.15) is 12.1 Å². The second kappa shape index (κ2) is 8.24. The highest BCUT2D eigenvalue weighted by molar-refractivity contribution is 6.10. The monoisotopic (exact) mass is 454 g/mol. The fourth-order valence-electron chi connectivity index (χ4n) is 3.99. The predicted molar refractivity (Wildman–Crippen MR) is 121 cm³/mol. The summed E-state index contributed by atoms with van der Waals surface area (Å²) in [5.41, 5.74) is 1.73. The Labute approximate surface area is 192 Å². The molecule has 0 unspecified atom stereocenters. The topological polar surface area (TPSA) is 126 Å². The number of hydrazine groups is 1. The molecule has 2 heterocycles. The van der Waals surface area contributed by atoms with Crippen LogP contribution in [0.1, 0.15) is 11.1 Å². The van der Waals surface area contributed by atoms with Crippen molar-refractivity contribution in [3.8, 4) is 0 Å². The molecule has 3 aromatic carbocycles. The lowest BCUT2D eigenvalue weighted by molar-refractivity contribution is -0.138. The highest BCUT2D eigenvalue weighted by Gasteiger charge is 2.54. The van der Waals surface area contributed by atoms with Crippen LogP contribution in [-0.4, -0.2) is 37.8 Å². The van der Waals surface area contributed by atoms with Crippen LogP contribution in [0.4, 0.5) is 4.79 Å². The quantitative estimate of drug-likeness (QED) is 0.438. The molecule has 1 fully saturated rings. The normalized spacial score (nSPS) is 14.8. The third-order valence-corrected chi connectivity index (χ3v) is 5.59. The first-order valence-corrected chi connectivity index (χ1v) is 10.4. The molecule has 1 aliphatic heterocycles. The van der Waals surface area contributed by atoms with Gasteiger partial charge < -0.3 is 5.32 Å². The second-order valence-corrected chi connectivity index (χ2v) is 7.66. The van der Waals surface area contributed by atoms with Gasteiger partial charge in [-0.3, -0.25) is 19.8 Å². The van der Waals surface area contributed by atoms with E-state index in [-0.39, 0.29) is 0 Å². The van der Waals surface area contributed by atoms with Gasteiger partial charge in [-0.05, 0) is 23.3 Å². The van der Waals surface area contributed by atoms with Crippen molar-refractivity contribution in [2.45, 2.75) is 12.1 Å². The van der Waals surface area contributed by atoms with Crippen LogP contribution in [0.2, 0.25) is 0 Å². The summed E-state index contributed by atoms with van der Waals surface area (Å²) in [6.07, 6.45) is 0. The molecule has 2 N–H and O–H groups in total. The zero-order chi connectivity index (χ0) is 23.7. The van der Waals surface area contributed by atoms with Gasteiger partial charge in [0.15, 0.2) is 5.54 Å². The molecule has 0 saturated carbocycles. The number of nitrogens with zero attached hydrogens (tertiary/aromatic N) is 4. The minimum atomic E-state index is -1.52. The number of carbonyl (C=O) groups is 3. The molecule has 10 heteroatoms. The number of imide groups is 1. The van der Waals surface area contributed by atoms with Gasteiger partial charge in [-0.2, -0.15) is 5.01 Å². The largest absolute Gasteiger partial charge is 0.344 e. The molecule has 0 atom stereocenters. The van der Waals surface area contributed by atoms with Crippen LogP contribution in [0.25, 0.3) is 10.9 Å². The lowest BCUT2D eigenvalue weighted by atomic mass is 9.83. The third kappa shape index (κ3) is 3.37. The molecule has 5 rings (SSSR count). The van der Waals surface area contributed by atoms with E-state index < -0.39 is 35.5 Å². The van der Waals surface area contributed by atoms with Crippen molar-refractivity contribution < 1.29 is 14.4 Å². The molecule has 34 heavy (non-hydrogen) atoms. The smallest absolute Gasteiger partial charge is 0.314 e. The lowest BCUT2D eigenvalue weighted by Gasteiger charge is -2.27. The van der Waals surface area contributed by atoms with E-state index in [2.05, 4.69) is 21.1 Å². The maximum atomic E-state index is 13.6. The first-order chi connectivity index (χ1) is 16.5. The summed E-state index contributed by atoms with van der Waals surface area (Å²) in [5.74, 6) is -1.47. The van der Waals surface area contributed by atoms with Crippen molar-refractivity contribution in [2.24, 2.45) is 0 Å². The Morgan fingerprint density at radius 1 is 0.853 bits per heavy atom. The van der Waals surface area contributed by atoms with Crippen LogP contribution in [0.3, 0.4) is 0 Å². The fourth-order valence-corrected chi connectivity index (χ4v) is 3.99. The summed E-state index contributed by atoms with van der Waals surface area (Å²) >= 11 is 0. The Hall–Kier alpha value is -4.86. The second-order valence-electron chi connectivity index (χ2n) is 7.66. The zero-order valence-corrected chi connectivity index (χ0v) is 17.7. The van der Waals surface area contributed by atoms with Gasteiger partial charge in [0.25, 0.3) is 17.4 Å². The first kappa shape index (κ1) is 21.0. The van der Waals surface area contributed by atoms with Crippen molar-refractivity contribution in [1.29, 1.82) is 0 Å². The van der Waals surface area contributed by atoms with Gasteiger partial charge in [0, 0.05) is 0 Å². The minimum absolute atomic E-state index is 0.299. The molecule has 4 amide bonds. The third-order valence-electron chi connectivity index (χ3n) is 5.59. The molecule has 1 saturated heterocycles. The number of fused-ring (bicyclic) bond motifs is 1. The van der Waals surface area contributed by atoms with E-state index in [1.807, 2.05) is 0 Å². The maximum Gasteiger partial charge on any atom is 0.344 e. The fraction of sp³-hybridized carbons (Fsp3) is 0.0833. The van der Waals surface area contributed by atoms with Crippen LogP contribution in [0.5, 0.6) is 0 Å². The molecule has 0 bridgehead atoms. The van der Waals surface area contributed by atoms with E-state index in [4.69, 9.17) is 0 Å². The molecular weight excluding hydrogens is 436 g/mol. The average molecular weight is 454 g/mol. The zero-order valence-electron chi connectivity index (χ0n) is 17.7. The Morgan fingerprint density at radius 3 is 2.09 bits per heavy atom. The van der Waals surface area contributed by atoms with Gasteiger partial charge >= 0.3 is 6.03 Å². The van der Waals surface area contributed by atoms with Crippen molar-refractivity contribution in [3.63, 3.8) is 0 Å². The number of carbonyl (C=O) groups excluding carboxylic acids is 3. The highest BCUT2D eigenvalue weighted by Crippen LogP contribution is 2.35. The van der Waals surface area contributed by atoms with Gasteiger partial charge in [-0.15, -0.1) is 5.10 Å². The molecule has 10 nitrogen and oxygen atoms in total. The van der Waals surface area contributed by atoms with Crippen molar-refractivity contribution >= 4 is 28.7 Å². The number of urea groups is 1. The van der Waals surface area contributed by atoms with Crippen LogP contribution < -0.4 is 16.3 Å². The lowest BCUT2D eigenvalue weighted by Crippen LogP contribution is -2.50. The number of nitrogens with one attached hydrogen (secondary N) is 2. The van der Waals surface area contributed by atoms with Gasteiger partial charge in [-0.1, -0.05) is 78.0 Å². The Kier molecular flexibility index (Phi) is 5.09. The molecule has 1 aliphatic rings. The Morgan fingerprint density at radius 2 is 1.44 bits per heavy atom. The maximum absolute atomic E-state index is 13.6. The van der Waals surface area contributed by atoms with E-state index >= 15 is 0 Å². The molecule has 1 aromatic heterocycles. The molecule has 0 aliphatic carbocycles. The number of hydrogen-bond donors (Lipinski definition) is 2. The van der Waals surface area contributed by atoms with Crippen LogP contribution in [-0.2, 0) is 21.7 Å². The van der Waals surface area contributed by atoms with Crippen molar-refractivity contribution in [2.75, 3.05) is 0 Å². The number of aromatic nitrogens is 3. The SMILES string of the molecule is O=C(Cn1nnc2ccccc2c1=O)NN1C(=O)NC(c2ccccc2)(c2ccccc2)C1=O. The Bertz CT molecular complexity index is 1430. The summed E-state index contributed by atoms with van der Waals surface area (Å²) in [5, 5.41) is 11.4. The Balaban J connectivity index is 1.45. The molecular formula is C24H18N6O4. The minimum Gasteiger partial charge on any atom is -0.314 e. The summed E-state index contributed by atoms with van der Waals surface area (Å²) in [4.78, 5) is 51.8. The summed E-state index contributed by atoms with van der Waals surface area (Å²) in [7, 11) is 0. The van der Waals surface area contributed by atoms with E-state index in [0.29, 0.717) is 27.0 Å². The first-order valence-electron chi connectivity index (χ1n) is 10.4. The van der Waals surface area contributed by atoms with E-state index in [1.54, 1.807) is 84.9 Å². The van der Waals surface area contributed by atoms with Crippen LogP contribution >= 0.6 is 0 Å². The summed E-state index contributed by atoms with van der Waals surface area (Å²) in [6, 6.07) is 23.3. The highest BCUT2D eigenvalue weighted by atomic mass is 16.2. The van der Waals surface area contributed by atoms with Gasteiger partial charge in [0.05, 0.1) is 5.39 Å². The standard InChI is InChI=1S/C24H18N6O4/c31-20(15-29-21(32)18-13-7-8-14-19(18)26-28-29)27-30-22(33)24(25-23(30)34,16-9-3-1-4-10-16)17-11-5-2-6-12-17/h1-14H,15H2,(H,25,34)(H,27,31).